The summed E-state index contributed by atoms with van der Waals surface area (Å²) in [6.07, 6.45) is 0. The quantitative estimate of drug-likeness (QED) is 0.843. The van der Waals surface area contributed by atoms with Crippen LogP contribution in [-0.4, -0.2) is 18.4 Å². The van der Waals surface area contributed by atoms with Crippen molar-refractivity contribution >= 4 is 33.0 Å². The Bertz CT molecular complexity index is 781. The van der Waals surface area contributed by atoms with Crippen molar-refractivity contribution in [1.29, 1.82) is 0 Å². The second kappa shape index (κ2) is 5.79. The maximum absolute atomic E-state index is 12.4. The number of benzene rings is 1. The van der Waals surface area contributed by atoms with Gasteiger partial charge in [-0.2, -0.15) is 0 Å². The van der Waals surface area contributed by atoms with Crippen molar-refractivity contribution in [3.8, 4) is 0 Å². The molecule has 0 amide bonds. The molecule has 5 nitrogen and oxygen atoms in total. The van der Waals surface area contributed by atoms with Gasteiger partial charge in [0.1, 0.15) is 10.8 Å². The number of nitrogens with zero attached hydrogens (tertiary/aromatic N) is 1. The summed E-state index contributed by atoms with van der Waals surface area (Å²) in [7, 11) is -3.73. The standard InChI is InChI=1S/C14H15N3O2S2/c1-9-6-10(2)16-13(7-9)17-21(18,19)12-5-3-4-11(8-12)14(15)20/h3-8H,1-2H3,(H2,15,20)(H,16,17). The Morgan fingerprint density at radius 1 is 1.24 bits per heavy atom. The molecule has 0 saturated carbocycles. The van der Waals surface area contributed by atoms with Crippen LogP contribution in [0.5, 0.6) is 0 Å². The van der Waals surface area contributed by atoms with Crippen molar-refractivity contribution in [2.45, 2.75) is 18.7 Å². The number of pyridine rings is 1. The summed E-state index contributed by atoms with van der Waals surface area (Å²) in [6, 6.07) is 9.71. The normalized spacial score (nSPS) is 11.1. The zero-order valence-electron chi connectivity index (χ0n) is 11.6. The third kappa shape index (κ3) is 3.77. The van der Waals surface area contributed by atoms with Gasteiger partial charge in [0.2, 0.25) is 0 Å². The van der Waals surface area contributed by atoms with Gasteiger partial charge in [0.15, 0.2) is 0 Å². The summed E-state index contributed by atoms with van der Waals surface area (Å²) in [4.78, 5) is 4.40. The van der Waals surface area contributed by atoms with Gasteiger partial charge in [0.25, 0.3) is 10.0 Å². The van der Waals surface area contributed by atoms with Crippen LogP contribution >= 0.6 is 12.2 Å². The van der Waals surface area contributed by atoms with Crippen LogP contribution in [0.15, 0.2) is 41.3 Å². The Labute approximate surface area is 129 Å². The highest BCUT2D eigenvalue weighted by Crippen LogP contribution is 2.17. The van der Waals surface area contributed by atoms with E-state index in [0.717, 1.165) is 11.3 Å². The number of aryl methyl sites for hydroxylation is 2. The van der Waals surface area contributed by atoms with Crippen LogP contribution in [0.3, 0.4) is 0 Å². The molecule has 0 aliphatic heterocycles. The van der Waals surface area contributed by atoms with Crippen molar-refractivity contribution in [2.75, 3.05) is 4.72 Å². The topological polar surface area (TPSA) is 85.1 Å². The van der Waals surface area contributed by atoms with Crippen molar-refractivity contribution in [3.63, 3.8) is 0 Å². The summed E-state index contributed by atoms with van der Waals surface area (Å²) in [5, 5.41) is 0. The van der Waals surface area contributed by atoms with Crippen molar-refractivity contribution in [1.82, 2.24) is 4.98 Å². The molecule has 0 aliphatic rings. The van der Waals surface area contributed by atoms with Gasteiger partial charge in [0.05, 0.1) is 4.90 Å². The van der Waals surface area contributed by atoms with Gasteiger partial charge in [-0.05, 0) is 43.7 Å². The second-order valence-electron chi connectivity index (χ2n) is 4.67. The van der Waals surface area contributed by atoms with Gasteiger partial charge in [-0.15, -0.1) is 0 Å². The van der Waals surface area contributed by atoms with Crippen LogP contribution < -0.4 is 10.5 Å². The zero-order chi connectivity index (χ0) is 15.6. The van der Waals surface area contributed by atoms with Gasteiger partial charge < -0.3 is 5.73 Å². The Kier molecular flexibility index (Phi) is 4.24. The molecule has 1 aromatic heterocycles. The molecular formula is C14H15N3O2S2. The number of sulfonamides is 1. The van der Waals surface area contributed by atoms with E-state index in [1.54, 1.807) is 25.1 Å². The molecule has 1 heterocycles. The van der Waals surface area contributed by atoms with Crippen molar-refractivity contribution in [2.24, 2.45) is 5.73 Å². The molecule has 0 radical (unpaired) electrons. The highest BCUT2D eigenvalue weighted by molar-refractivity contribution is 7.92. The molecule has 0 fully saturated rings. The zero-order valence-corrected chi connectivity index (χ0v) is 13.3. The Hall–Kier alpha value is -1.99. The minimum Gasteiger partial charge on any atom is -0.389 e. The van der Waals surface area contributed by atoms with E-state index in [1.807, 2.05) is 13.0 Å². The fraction of sp³-hybridized carbons (Fsp3) is 0.143. The molecule has 7 heteroatoms. The average Bonchev–Trinajstić information content (AvgIpc) is 2.37. The summed E-state index contributed by atoms with van der Waals surface area (Å²) in [5.41, 5.74) is 7.69. The smallest absolute Gasteiger partial charge is 0.263 e. The lowest BCUT2D eigenvalue weighted by Crippen LogP contribution is -2.16. The first-order valence-corrected chi connectivity index (χ1v) is 8.05. The summed E-state index contributed by atoms with van der Waals surface area (Å²) in [5.74, 6) is 0.285. The molecule has 110 valence electrons. The number of nitrogens with one attached hydrogen (secondary N) is 1. The molecule has 2 aromatic rings. The Morgan fingerprint density at radius 2 is 1.95 bits per heavy atom. The van der Waals surface area contributed by atoms with Gasteiger partial charge in [-0.3, -0.25) is 4.72 Å². The highest BCUT2D eigenvalue weighted by atomic mass is 32.2. The predicted molar refractivity (Wildman–Crippen MR) is 86.8 cm³/mol. The van der Waals surface area contributed by atoms with E-state index in [9.17, 15) is 8.42 Å². The van der Waals surface area contributed by atoms with Crippen LogP contribution in [-0.2, 0) is 10.0 Å². The van der Waals surface area contributed by atoms with Gasteiger partial charge >= 0.3 is 0 Å². The fourth-order valence-corrected chi connectivity index (χ4v) is 3.07. The molecular weight excluding hydrogens is 306 g/mol. The van der Waals surface area contributed by atoms with E-state index in [1.165, 1.54) is 12.1 Å². The number of hydrogen-bond acceptors (Lipinski definition) is 4. The van der Waals surface area contributed by atoms with E-state index < -0.39 is 10.0 Å². The predicted octanol–water partition coefficient (Wildman–Crippen LogP) is 2.13. The first-order valence-electron chi connectivity index (χ1n) is 6.16. The molecule has 0 bridgehead atoms. The third-order valence-corrected chi connectivity index (χ3v) is 4.35. The summed E-state index contributed by atoms with van der Waals surface area (Å²) >= 11 is 4.86. The van der Waals surface area contributed by atoms with Crippen molar-refractivity contribution < 1.29 is 8.42 Å². The third-order valence-electron chi connectivity index (χ3n) is 2.77. The lowest BCUT2D eigenvalue weighted by Gasteiger charge is -2.09. The Balaban J connectivity index is 2.38. The maximum Gasteiger partial charge on any atom is 0.263 e. The van der Waals surface area contributed by atoms with Crippen LogP contribution in [0.25, 0.3) is 0 Å². The highest BCUT2D eigenvalue weighted by Gasteiger charge is 2.16. The molecule has 0 unspecified atom stereocenters. The molecule has 0 aliphatic carbocycles. The summed E-state index contributed by atoms with van der Waals surface area (Å²) in [6.45, 7) is 3.68. The van der Waals surface area contributed by atoms with E-state index in [0.29, 0.717) is 5.56 Å². The minimum atomic E-state index is -3.73. The Morgan fingerprint density at radius 3 is 2.57 bits per heavy atom. The van der Waals surface area contributed by atoms with Crippen LogP contribution in [0.1, 0.15) is 16.8 Å². The number of thiocarbonyl (C=S) groups is 1. The summed E-state index contributed by atoms with van der Waals surface area (Å²) < 4.78 is 27.2. The molecule has 0 spiro atoms. The number of aromatic nitrogens is 1. The lowest BCUT2D eigenvalue weighted by molar-refractivity contribution is 0.601. The van der Waals surface area contributed by atoms with Gasteiger partial charge in [0, 0.05) is 11.3 Å². The molecule has 21 heavy (non-hydrogen) atoms. The molecule has 2 rings (SSSR count). The van der Waals surface area contributed by atoms with E-state index in [-0.39, 0.29) is 15.7 Å². The molecule has 1 aromatic carbocycles. The second-order valence-corrected chi connectivity index (χ2v) is 6.79. The van der Waals surface area contributed by atoms with Crippen LogP contribution in [0, 0.1) is 13.8 Å². The largest absolute Gasteiger partial charge is 0.389 e. The van der Waals surface area contributed by atoms with E-state index >= 15 is 0 Å². The average molecular weight is 321 g/mol. The fourth-order valence-electron chi connectivity index (χ4n) is 1.91. The van der Waals surface area contributed by atoms with Crippen LogP contribution in [0.4, 0.5) is 5.82 Å². The SMILES string of the molecule is Cc1cc(C)nc(NS(=O)(=O)c2cccc(C(N)=S)c2)c1. The number of hydrogen-bond donors (Lipinski definition) is 2. The monoisotopic (exact) mass is 321 g/mol. The van der Waals surface area contributed by atoms with E-state index in [4.69, 9.17) is 18.0 Å². The van der Waals surface area contributed by atoms with Crippen molar-refractivity contribution in [3.05, 3.63) is 53.2 Å². The van der Waals surface area contributed by atoms with Gasteiger partial charge in [-0.25, -0.2) is 13.4 Å². The number of anilines is 1. The first-order chi connectivity index (χ1) is 9.78. The van der Waals surface area contributed by atoms with Gasteiger partial charge in [-0.1, -0.05) is 24.4 Å². The minimum absolute atomic E-state index is 0.0914. The number of nitrogens with two attached hydrogens (primary N) is 1. The number of rotatable bonds is 4. The van der Waals surface area contributed by atoms with E-state index in [2.05, 4.69) is 9.71 Å². The molecule has 3 N–H and O–H groups in total. The van der Waals surface area contributed by atoms with Crippen LogP contribution in [0.2, 0.25) is 0 Å². The lowest BCUT2D eigenvalue weighted by atomic mass is 10.2. The molecule has 0 atom stereocenters. The first kappa shape index (κ1) is 15.4. The molecule has 0 saturated heterocycles. The maximum atomic E-state index is 12.4.